The summed E-state index contributed by atoms with van der Waals surface area (Å²) in [6.45, 7) is 0.415. The van der Waals surface area contributed by atoms with Crippen LogP contribution in [0.3, 0.4) is 0 Å². The molecule has 0 aliphatic heterocycles. The van der Waals surface area contributed by atoms with Crippen LogP contribution in [0.2, 0.25) is 0 Å². The summed E-state index contributed by atoms with van der Waals surface area (Å²) in [5.74, 6) is 1.13. The second-order valence-corrected chi connectivity index (χ2v) is 4.60. The number of hydrogen-bond acceptors (Lipinski definition) is 7. The highest BCUT2D eigenvalue weighted by atomic mass is 32.2. The second kappa shape index (κ2) is 6.14. The Morgan fingerprint density at radius 3 is 3.05 bits per heavy atom. The maximum Gasteiger partial charge on any atom is 0.273 e. The number of thioether (sulfide) groups is 1. The SMILES string of the molecule is Cn1nnnc1SCCOc1cccc([N+](=O)[O-])c1. The van der Waals surface area contributed by atoms with E-state index in [1.54, 1.807) is 23.9 Å². The Balaban J connectivity index is 1.81. The van der Waals surface area contributed by atoms with E-state index < -0.39 is 4.92 Å². The van der Waals surface area contributed by atoms with Gasteiger partial charge in [-0.1, -0.05) is 17.8 Å². The number of nitro benzene ring substituents is 1. The molecule has 0 saturated heterocycles. The van der Waals surface area contributed by atoms with Crippen molar-refractivity contribution >= 4 is 17.4 Å². The Hall–Kier alpha value is -2.16. The van der Waals surface area contributed by atoms with E-state index in [1.165, 1.54) is 23.9 Å². The summed E-state index contributed by atoms with van der Waals surface area (Å²) in [4.78, 5) is 10.1. The van der Waals surface area contributed by atoms with Gasteiger partial charge >= 0.3 is 0 Å². The van der Waals surface area contributed by atoms with Gasteiger partial charge in [0, 0.05) is 18.9 Å². The Morgan fingerprint density at radius 1 is 1.53 bits per heavy atom. The first-order chi connectivity index (χ1) is 9.16. The van der Waals surface area contributed by atoms with Crippen LogP contribution in [0, 0.1) is 10.1 Å². The summed E-state index contributed by atoms with van der Waals surface area (Å²) in [7, 11) is 1.75. The fourth-order valence-electron chi connectivity index (χ4n) is 1.32. The van der Waals surface area contributed by atoms with E-state index in [4.69, 9.17) is 4.74 Å². The summed E-state index contributed by atoms with van der Waals surface area (Å²) in [5, 5.41) is 22.3. The number of ether oxygens (including phenoxy) is 1. The normalized spacial score (nSPS) is 10.4. The number of nitro groups is 1. The van der Waals surface area contributed by atoms with Crippen molar-refractivity contribution < 1.29 is 9.66 Å². The van der Waals surface area contributed by atoms with Gasteiger partial charge in [0.05, 0.1) is 17.6 Å². The van der Waals surface area contributed by atoms with Crippen molar-refractivity contribution in [3.63, 3.8) is 0 Å². The number of aryl methyl sites for hydroxylation is 1. The van der Waals surface area contributed by atoms with E-state index in [9.17, 15) is 10.1 Å². The topological polar surface area (TPSA) is 96.0 Å². The lowest BCUT2D eigenvalue weighted by Gasteiger charge is -2.04. The predicted octanol–water partition coefficient (Wildman–Crippen LogP) is 1.29. The monoisotopic (exact) mass is 281 g/mol. The molecule has 0 N–H and O–H groups in total. The van der Waals surface area contributed by atoms with Crippen LogP contribution < -0.4 is 4.74 Å². The van der Waals surface area contributed by atoms with E-state index in [-0.39, 0.29) is 5.69 Å². The lowest BCUT2D eigenvalue weighted by molar-refractivity contribution is -0.384. The fraction of sp³-hybridized carbons (Fsp3) is 0.300. The second-order valence-electron chi connectivity index (χ2n) is 3.54. The maximum absolute atomic E-state index is 10.6. The molecule has 0 aliphatic carbocycles. The standard InChI is InChI=1S/C10H11N5O3S/c1-14-10(11-12-13-14)19-6-5-18-9-4-2-3-8(7-9)15(16)17/h2-4,7H,5-6H2,1H3. The van der Waals surface area contributed by atoms with Crippen molar-refractivity contribution in [2.24, 2.45) is 7.05 Å². The lowest BCUT2D eigenvalue weighted by Crippen LogP contribution is -2.02. The Labute approximate surface area is 112 Å². The molecular formula is C10H11N5O3S. The molecule has 0 atom stereocenters. The molecule has 19 heavy (non-hydrogen) atoms. The zero-order valence-electron chi connectivity index (χ0n) is 10.1. The third kappa shape index (κ3) is 3.65. The molecule has 0 aliphatic rings. The summed E-state index contributed by atoms with van der Waals surface area (Å²) in [6.07, 6.45) is 0. The molecule has 8 nitrogen and oxygen atoms in total. The van der Waals surface area contributed by atoms with Crippen molar-refractivity contribution in [3.05, 3.63) is 34.4 Å². The molecule has 0 radical (unpaired) electrons. The number of aromatic nitrogens is 4. The van der Waals surface area contributed by atoms with Gasteiger partial charge in [-0.3, -0.25) is 10.1 Å². The highest BCUT2D eigenvalue weighted by Gasteiger charge is 2.06. The zero-order chi connectivity index (χ0) is 13.7. The van der Waals surface area contributed by atoms with Gasteiger partial charge < -0.3 is 4.74 Å². The molecule has 2 aromatic rings. The lowest BCUT2D eigenvalue weighted by atomic mass is 10.3. The number of tetrazole rings is 1. The third-order valence-electron chi connectivity index (χ3n) is 2.19. The molecule has 0 spiro atoms. The first-order valence-corrected chi connectivity index (χ1v) is 6.38. The van der Waals surface area contributed by atoms with E-state index >= 15 is 0 Å². The molecule has 0 unspecified atom stereocenters. The zero-order valence-corrected chi connectivity index (χ0v) is 10.9. The van der Waals surface area contributed by atoms with Crippen LogP contribution in [0.15, 0.2) is 29.4 Å². The summed E-state index contributed by atoms with van der Waals surface area (Å²) in [6, 6.07) is 6.09. The van der Waals surface area contributed by atoms with Crippen LogP contribution >= 0.6 is 11.8 Å². The van der Waals surface area contributed by atoms with Crippen LogP contribution in [0.25, 0.3) is 0 Å². The Kier molecular flexibility index (Phi) is 4.29. The first kappa shape index (κ1) is 13.3. The average molecular weight is 281 g/mol. The minimum Gasteiger partial charge on any atom is -0.492 e. The van der Waals surface area contributed by atoms with Gasteiger partial charge in [0.2, 0.25) is 5.16 Å². The number of nitrogens with zero attached hydrogens (tertiary/aromatic N) is 5. The number of benzene rings is 1. The van der Waals surface area contributed by atoms with Gasteiger partial charge in [-0.2, -0.15) is 0 Å². The summed E-state index contributed by atoms with van der Waals surface area (Å²) in [5.41, 5.74) is 0.0163. The van der Waals surface area contributed by atoms with Crippen molar-refractivity contribution in [2.75, 3.05) is 12.4 Å². The molecule has 1 heterocycles. The minimum atomic E-state index is -0.452. The van der Waals surface area contributed by atoms with Gasteiger partial charge in [0.25, 0.3) is 5.69 Å². The maximum atomic E-state index is 10.6. The Morgan fingerprint density at radius 2 is 2.37 bits per heavy atom. The van der Waals surface area contributed by atoms with Crippen molar-refractivity contribution in [3.8, 4) is 5.75 Å². The quantitative estimate of drug-likeness (QED) is 0.340. The molecule has 0 bridgehead atoms. The van der Waals surface area contributed by atoms with E-state index in [2.05, 4.69) is 15.5 Å². The van der Waals surface area contributed by atoms with E-state index in [1.807, 2.05) is 0 Å². The molecule has 0 saturated carbocycles. The predicted molar refractivity (Wildman–Crippen MR) is 68.1 cm³/mol. The third-order valence-corrected chi connectivity index (χ3v) is 3.17. The molecule has 0 amide bonds. The van der Waals surface area contributed by atoms with Crippen LogP contribution in [0.5, 0.6) is 5.75 Å². The highest BCUT2D eigenvalue weighted by Crippen LogP contribution is 2.19. The van der Waals surface area contributed by atoms with Gasteiger partial charge in [-0.05, 0) is 16.5 Å². The molecule has 9 heteroatoms. The Bertz CT molecular complexity index is 574. The van der Waals surface area contributed by atoms with Gasteiger partial charge in [-0.15, -0.1) is 5.10 Å². The summed E-state index contributed by atoms with van der Waals surface area (Å²) >= 11 is 1.45. The van der Waals surface area contributed by atoms with Crippen LogP contribution in [0.1, 0.15) is 0 Å². The van der Waals surface area contributed by atoms with E-state index in [0.717, 1.165) is 0 Å². The molecule has 0 fully saturated rings. The first-order valence-electron chi connectivity index (χ1n) is 5.39. The average Bonchev–Trinajstić information content (AvgIpc) is 2.81. The van der Waals surface area contributed by atoms with Crippen LogP contribution in [-0.4, -0.2) is 37.5 Å². The van der Waals surface area contributed by atoms with Crippen LogP contribution in [0.4, 0.5) is 5.69 Å². The van der Waals surface area contributed by atoms with Crippen molar-refractivity contribution in [1.29, 1.82) is 0 Å². The van der Waals surface area contributed by atoms with Gasteiger partial charge in [-0.25, -0.2) is 4.68 Å². The van der Waals surface area contributed by atoms with Crippen LogP contribution in [-0.2, 0) is 7.05 Å². The molecule has 100 valence electrons. The molecule has 1 aromatic carbocycles. The highest BCUT2D eigenvalue weighted by molar-refractivity contribution is 7.99. The number of hydrogen-bond donors (Lipinski definition) is 0. The van der Waals surface area contributed by atoms with Gasteiger partial charge in [0.15, 0.2) is 0 Å². The molecule has 1 aromatic heterocycles. The number of rotatable bonds is 6. The van der Waals surface area contributed by atoms with Crippen molar-refractivity contribution in [2.45, 2.75) is 5.16 Å². The van der Waals surface area contributed by atoms with Gasteiger partial charge in [0.1, 0.15) is 5.75 Å². The fourth-order valence-corrected chi connectivity index (χ4v) is 1.99. The molecule has 2 rings (SSSR count). The van der Waals surface area contributed by atoms with Crippen molar-refractivity contribution in [1.82, 2.24) is 20.2 Å². The summed E-state index contributed by atoms with van der Waals surface area (Å²) < 4.78 is 7.00. The smallest absolute Gasteiger partial charge is 0.273 e. The van der Waals surface area contributed by atoms with E-state index in [0.29, 0.717) is 23.3 Å². The number of non-ortho nitro benzene ring substituents is 1. The largest absolute Gasteiger partial charge is 0.492 e. The molecular weight excluding hydrogens is 270 g/mol. The minimum absolute atomic E-state index is 0.0163.